The van der Waals surface area contributed by atoms with Crippen molar-refractivity contribution in [1.82, 2.24) is 24.1 Å². The quantitative estimate of drug-likeness (QED) is 0.416. The Morgan fingerprint density at radius 2 is 1.85 bits per heavy atom. The third kappa shape index (κ3) is 3.88. The Morgan fingerprint density at radius 3 is 2.58 bits per heavy atom. The van der Waals surface area contributed by atoms with Gasteiger partial charge in [0.2, 0.25) is 5.88 Å². The SMILES string of the molecule is COc1nc(-c2cn3c(n2)C(c2ccccc2C(F)(F)F)CCC3)ccc1-n1cnc(C)c1. The van der Waals surface area contributed by atoms with Crippen LogP contribution in [-0.2, 0) is 12.7 Å². The maximum Gasteiger partial charge on any atom is 0.416 e. The first-order valence-electron chi connectivity index (χ1n) is 10.6. The number of hydrogen-bond donors (Lipinski definition) is 0. The number of pyridine rings is 1. The van der Waals surface area contributed by atoms with Gasteiger partial charge in [-0.3, -0.25) is 0 Å². The van der Waals surface area contributed by atoms with Gasteiger partial charge in [-0.15, -0.1) is 0 Å². The predicted octanol–water partition coefficient (Wildman–Crippen LogP) is 5.39. The van der Waals surface area contributed by atoms with Crippen LogP contribution in [0.15, 0.2) is 55.1 Å². The molecule has 0 fully saturated rings. The van der Waals surface area contributed by atoms with Crippen LogP contribution in [0.2, 0.25) is 0 Å². The minimum atomic E-state index is -4.41. The number of imidazole rings is 2. The molecule has 0 bridgehead atoms. The van der Waals surface area contributed by atoms with E-state index in [2.05, 4.69) is 9.97 Å². The molecule has 1 unspecified atom stereocenters. The maximum absolute atomic E-state index is 13.7. The molecule has 0 N–H and O–H groups in total. The van der Waals surface area contributed by atoms with Crippen LogP contribution < -0.4 is 4.74 Å². The van der Waals surface area contributed by atoms with E-state index < -0.39 is 17.7 Å². The number of aryl methyl sites for hydroxylation is 2. The van der Waals surface area contributed by atoms with Crippen LogP contribution in [-0.4, -0.2) is 31.2 Å². The fraction of sp³-hybridized carbons (Fsp3) is 0.292. The molecule has 0 radical (unpaired) electrons. The van der Waals surface area contributed by atoms with Gasteiger partial charge in [0.1, 0.15) is 17.2 Å². The summed E-state index contributed by atoms with van der Waals surface area (Å²) in [7, 11) is 1.54. The van der Waals surface area contributed by atoms with Gasteiger partial charge in [-0.05, 0) is 43.5 Å². The summed E-state index contributed by atoms with van der Waals surface area (Å²) in [6, 6.07) is 9.47. The molecule has 33 heavy (non-hydrogen) atoms. The number of ether oxygens (including phenoxy) is 1. The minimum absolute atomic E-state index is 0.263. The fourth-order valence-corrected chi connectivity index (χ4v) is 4.43. The Kier molecular flexibility index (Phi) is 5.19. The summed E-state index contributed by atoms with van der Waals surface area (Å²) >= 11 is 0. The number of methoxy groups -OCH3 is 1. The highest BCUT2D eigenvalue weighted by Gasteiger charge is 2.37. The molecule has 170 valence electrons. The molecule has 3 aromatic heterocycles. The average molecular weight is 453 g/mol. The molecule has 0 spiro atoms. The van der Waals surface area contributed by atoms with Crippen LogP contribution in [0.4, 0.5) is 13.2 Å². The summed E-state index contributed by atoms with van der Waals surface area (Å²) in [5, 5.41) is 0. The Balaban J connectivity index is 1.55. The average Bonchev–Trinajstić information content (AvgIpc) is 3.44. The molecule has 4 aromatic rings. The maximum atomic E-state index is 13.7. The molecule has 6 nitrogen and oxygen atoms in total. The Bertz CT molecular complexity index is 1310. The highest BCUT2D eigenvalue weighted by Crippen LogP contribution is 2.41. The van der Waals surface area contributed by atoms with Crippen molar-refractivity contribution in [3.05, 3.63) is 77.8 Å². The number of halogens is 3. The van der Waals surface area contributed by atoms with Gasteiger partial charge in [-0.2, -0.15) is 13.2 Å². The molecule has 0 amide bonds. The molecule has 1 aliphatic heterocycles. The summed E-state index contributed by atoms with van der Waals surface area (Å²) < 4.78 is 50.2. The van der Waals surface area contributed by atoms with E-state index in [4.69, 9.17) is 9.72 Å². The van der Waals surface area contributed by atoms with Gasteiger partial charge in [-0.25, -0.2) is 15.0 Å². The number of aromatic nitrogens is 5. The topological polar surface area (TPSA) is 57.8 Å². The molecule has 1 aromatic carbocycles. The number of rotatable bonds is 4. The van der Waals surface area contributed by atoms with Gasteiger partial charge in [-0.1, -0.05) is 18.2 Å². The Morgan fingerprint density at radius 1 is 1.03 bits per heavy atom. The van der Waals surface area contributed by atoms with Crippen LogP contribution in [0.3, 0.4) is 0 Å². The number of alkyl halides is 3. The van der Waals surface area contributed by atoms with Crippen molar-refractivity contribution in [3.8, 4) is 23.0 Å². The lowest BCUT2D eigenvalue weighted by atomic mass is 9.87. The normalized spacial score (nSPS) is 16.0. The first-order valence-corrected chi connectivity index (χ1v) is 10.6. The monoisotopic (exact) mass is 453 g/mol. The second-order valence-electron chi connectivity index (χ2n) is 8.10. The van der Waals surface area contributed by atoms with Crippen molar-refractivity contribution < 1.29 is 17.9 Å². The molecule has 0 saturated heterocycles. The minimum Gasteiger partial charge on any atom is -0.479 e. The van der Waals surface area contributed by atoms with Crippen molar-refractivity contribution in [2.45, 2.75) is 38.4 Å². The van der Waals surface area contributed by atoms with E-state index in [1.54, 1.807) is 25.6 Å². The molecular formula is C24H22F3N5O. The van der Waals surface area contributed by atoms with E-state index in [0.29, 0.717) is 36.1 Å². The van der Waals surface area contributed by atoms with Gasteiger partial charge >= 0.3 is 6.18 Å². The highest BCUT2D eigenvalue weighted by atomic mass is 19.4. The smallest absolute Gasteiger partial charge is 0.416 e. The molecule has 1 aliphatic rings. The zero-order chi connectivity index (χ0) is 23.2. The lowest BCUT2D eigenvalue weighted by Crippen LogP contribution is -2.20. The summed E-state index contributed by atoms with van der Waals surface area (Å²) in [6.07, 6.45) is 2.39. The van der Waals surface area contributed by atoms with Crippen molar-refractivity contribution in [1.29, 1.82) is 0 Å². The molecule has 0 saturated carbocycles. The van der Waals surface area contributed by atoms with Gasteiger partial charge in [0.05, 0.1) is 30.4 Å². The van der Waals surface area contributed by atoms with E-state index in [9.17, 15) is 13.2 Å². The number of nitrogens with zero attached hydrogens (tertiary/aromatic N) is 5. The predicted molar refractivity (Wildman–Crippen MR) is 116 cm³/mol. The summed E-state index contributed by atoms with van der Waals surface area (Å²) in [5.41, 5.74) is 2.47. The number of benzene rings is 1. The first-order chi connectivity index (χ1) is 15.8. The third-order valence-electron chi connectivity index (χ3n) is 5.94. The molecule has 4 heterocycles. The molecule has 1 atom stereocenters. The van der Waals surface area contributed by atoms with Crippen LogP contribution in [0.25, 0.3) is 17.1 Å². The van der Waals surface area contributed by atoms with Crippen LogP contribution in [0.5, 0.6) is 5.88 Å². The molecule has 9 heteroatoms. The van der Waals surface area contributed by atoms with E-state index >= 15 is 0 Å². The number of fused-ring (bicyclic) bond motifs is 1. The first kappa shape index (κ1) is 21.2. The van der Waals surface area contributed by atoms with Crippen molar-refractivity contribution in [2.75, 3.05) is 7.11 Å². The van der Waals surface area contributed by atoms with E-state index in [1.165, 1.54) is 6.07 Å². The second kappa shape index (κ2) is 8.06. The zero-order valence-corrected chi connectivity index (χ0v) is 18.2. The molecular weight excluding hydrogens is 431 g/mol. The molecule has 0 aliphatic carbocycles. The van der Waals surface area contributed by atoms with Crippen LogP contribution in [0, 0.1) is 6.92 Å². The van der Waals surface area contributed by atoms with Gasteiger partial charge < -0.3 is 13.9 Å². The largest absolute Gasteiger partial charge is 0.479 e. The van der Waals surface area contributed by atoms with Crippen molar-refractivity contribution in [3.63, 3.8) is 0 Å². The standard InChI is InChI=1S/C24H22F3N5O/c1-15-12-32(14-28-15)21-10-9-19(30-23(21)33-2)20-13-31-11-5-7-17(22(31)29-20)16-6-3-4-8-18(16)24(25,26)27/h3-4,6,8-10,12-14,17H,5,7,11H2,1-2H3. The molecule has 5 rings (SSSR count). The van der Waals surface area contributed by atoms with Crippen molar-refractivity contribution in [2.24, 2.45) is 0 Å². The third-order valence-corrected chi connectivity index (χ3v) is 5.94. The van der Waals surface area contributed by atoms with Gasteiger partial charge in [0, 0.05) is 24.9 Å². The Labute approximate surface area is 188 Å². The summed E-state index contributed by atoms with van der Waals surface area (Å²) in [6.45, 7) is 2.60. The fourth-order valence-electron chi connectivity index (χ4n) is 4.43. The van der Waals surface area contributed by atoms with E-state index in [0.717, 1.165) is 23.9 Å². The summed E-state index contributed by atoms with van der Waals surface area (Å²) in [4.78, 5) is 13.6. The van der Waals surface area contributed by atoms with E-state index in [-0.39, 0.29) is 5.56 Å². The lowest BCUT2D eigenvalue weighted by molar-refractivity contribution is -0.138. The van der Waals surface area contributed by atoms with Crippen LogP contribution in [0.1, 0.15) is 41.4 Å². The second-order valence-corrected chi connectivity index (χ2v) is 8.10. The van der Waals surface area contributed by atoms with E-state index in [1.807, 2.05) is 40.6 Å². The van der Waals surface area contributed by atoms with Gasteiger partial charge in [0.15, 0.2) is 0 Å². The Hall–Kier alpha value is -3.62. The summed E-state index contributed by atoms with van der Waals surface area (Å²) in [5.74, 6) is 0.610. The van der Waals surface area contributed by atoms with Gasteiger partial charge in [0.25, 0.3) is 0 Å². The van der Waals surface area contributed by atoms with Crippen molar-refractivity contribution >= 4 is 0 Å². The highest BCUT2D eigenvalue weighted by molar-refractivity contribution is 5.59. The number of hydrogen-bond acceptors (Lipinski definition) is 4. The zero-order valence-electron chi connectivity index (χ0n) is 18.2. The lowest BCUT2D eigenvalue weighted by Gasteiger charge is -2.26. The van der Waals surface area contributed by atoms with Crippen LogP contribution >= 0.6 is 0 Å².